The second-order valence-electron chi connectivity index (χ2n) is 7.80. The average molecular weight is 511 g/mol. The number of aliphatic hydroxyl groups excluding tert-OH is 7. The molecule has 1 aromatic rings. The zero-order valence-corrected chi connectivity index (χ0v) is 18.5. The van der Waals surface area contributed by atoms with E-state index in [2.05, 4.69) is 0 Å². The highest BCUT2D eigenvalue weighted by Crippen LogP contribution is 2.36. The third-order valence-electron chi connectivity index (χ3n) is 5.47. The highest BCUT2D eigenvalue weighted by atomic mass is 35.5. The van der Waals surface area contributed by atoms with Gasteiger partial charge in [0.15, 0.2) is 12.9 Å². The number of esters is 1. The molecule has 0 amide bonds. The predicted octanol–water partition coefficient (Wildman–Crippen LogP) is -3.11. The fourth-order valence-electron chi connectivity index (χ4n) is 3.51. The zero-order valence-electron chi connectivity index (χ0n) is 17.7. The van der Waals surface area contributed by atoms with Gasteiger partial charge in [-0.25, -0.2) is 4.79 Å². The van der Waals surface area contributed by atoms with Crippen molar-refractivity contribution >= 4 is 17.6 Å². The third-order valence-corrected chi connectivity index (χ3v) is 5.72. The second kappa shape index (κ2) is 11.4. The van der Waals surface area contributed by atoms with Crippen LogP contribution in [0, 0.1) is 0 Å². The number of aliphatic hydroxyl groups is 7. The van der Waals surface area contributed by atoms with Gasteiger partial charge in [0, 0.05) is 5.02 Å². The van der Waals surface area contributed by atoms with Crippen LogP contribution in [-0.2, 0) is 23.7 Å². The molecule has 0 aromatic heterocycles. The quantitative estimate of drug-likeness (QED) is 0.164. The van der Waals surface area contributed by atoms with Crippen LogP contribution in [0.5, 0.6) is 5.75 Å². The number of carbonyl (C=O) groups is 1. The molecule has 0 unspecified atom stereocenters. The molecule has 3 rings (SSSR count). The van der Waals surface area contributed by atoms with Gasteiger partial charge >= 0.3 is 5.97 Å². The lowest BCUT2D eigenvalue weighted by atomic mass is 9.99. The molecule has 2 heterocycles. The van der Waals surface area contributed by atoms with Crippen LogP contribution in [0.1, 0.15) is 0 Å². The molecular weight excluding hydrogens is 484 g/mol. The highest BCUT2D eigenvalue weighted by molar-refractivity contribution is 6.30. The standard InChI is InChI=1S/C20H27ClO13/c21-9-1-3-10(4-2-9)30-7-13(24)31-6-12-14(25)16(27)17(28)19(32-12)34-20(8-23)18(29)15(26)11(5-22)33-20/h1-4,11-12,14-19,22-23,25-29H,5-8H2/t11-,12-,14-,15-,16+,17-,18+,19-,20+/m1/s1. The summed E-state index contributed by atoms with van der Waals surface area (Å²) < 4.78 is 26.2. The lowest BCUT2D eigenvalue weighted by Gasteiger charge is -2.43. The van der Waals surface area contributed by atoms with Crippen molar-refractivity contribution < 1.29 is 64.2 Å². The molecule has 2 fully saturated rings. The number of halogens is 1. The average Bonchev–Trinajstić information content (AvgIpc) is 3.08. The third kappa shape index (κ3) is 5.78. The van der Waals surface area contributed by atoms with Crippen molar-refractivity contribution in [3.63, 3.8) is 0 Å². The molecule has 1 aromatic carbocycles. The number of rotatable bonds is 9. The molecule has 0 bridgehead atoms. The highest BCUT2D eigenvalue weighted by Gasteiger charge is 2.58. The van der Waals surface area contributed by atoms with Crippen molar-refractivity contribution in [3.05, 3.63) is 29.3 Å². The summed E-state index contributed by atoms with van der Waals surface area (Å²) in [7, 11) is 0. The van der Waals surface area contributed by atoms with Crippen LogP contribution in [0.25, 0.3) is 0 Å². The minimum Gasteiger partial charge on any atom is -0.482 e. The lowest BCUT2D eigenvalue weighted by molar-refractivity contribution is -0.383. The molecule has 2 aliphatic heterocycles. The molecule has 9 atom stereocenters. The van der Waals surface area contributed by atoms with Gasteiger partial charge in [0.05, 0.1) is 6.61 Å². The molecule has 0 saturated carbocycles. The fraction of sp³-hybridized carbons (Fsp3) is 0.650. The first kappa shape index (κ1) is 27.0. The monoisotopic (exact) mass is 510 g/mol. The van der Waals surface area contributed by atoms with Gasteiger partial charge in [-0.05, 0) is 24.3 Å². The van der Waals surface area contributed by atoms with Gasteiger partial charge in [-0.1, -0.05) is 11.6 Å². The summed E-state index contributed by atoms with van der Waals surface area (Å²) in [5.41, 5.74) is 0. The summed E-state index contributed by atoms with van der Waals surface area (Å²) in [6, 6.07) is 6.20. The van der Waals surface area contributed by atoms with Crippen LogP contribution in [0.15, 0.2) is 24.3 Å². The zero-order chi connectivity index (χ0) is 25.0. The predicted molar refractivity (Wildman–Crippen MR) is 109 cm³/mol. The molecule has 0 radical (unpaired) electrons. The molecule has 34 heavy (non-hydrogen) atoms. The maximum Gasteiger partial charge on any atom is 0.344 e. The number of ether oxygens (including phenoxy) is 5. The van der Waals surface area contributed by atoms with E-state index in [1.165, 1.54) is 12.1 Å². The van der Waals surface area contributed by atoms with Crippen molar-refractivity contribution in [1.82, 2.24) is 0 Å². The summed E-state index contributed by atoms with van der Waals surface area (Å²) in [5.74, 6) is -2.79. The first-order valence-corrected chi connectivity index (χ1v) is 10.7. The van der Waals surface area contributed by atoms with Gasteiger partial charge in [-0.3, -0.25) is 0 Å². The van der Waals surface area contributed by atoms with Crippen LogP contribution in [-0.4, -0.2) is 123 Å². The first-order chi connectivity index (χ1) is 16.1. The second-order valence-corrected chi connectivity index (χ2v) is 8.24. The minimum atomic E-state index is -2.31. The van der Waals surface area contributed by atoms with Crippen molar-refractivity contribution in [2.75, 3.05) is 26.4 Å². The number of hydrogen-bond acceptors (Lipinski definition) is 13. The number of hydrogen-bond donors (Lipinski definition) is 7. The van der Waals surface area contributed by atoms with Crippen LogP contribution >= 0.6 is 11.6 Å². The van der Waals surface area contributed by atoms with E-state index in [0.717, 1.165) is 0 Å². The van der Waals surface area contributed by atoms with E-state index in [1.807, 2.05) is 0 Å². The van der Waals surface area contributed by atoms with Gasteiger partial charge in [0.2, 0.25) is 5.79 Å². The summed E-state index contributed by atoms with van der Waals surface area (Å²) in [6.45, 7) is -2.79. The summed E-state index contributed by atoms with van der Waals surface area (Å²) in [4.78, 5) is 12.0. The molecule has 7 N–H and O–H groups in total. The Morgan fingerprint density at radius 2 is 1.65 bits per heavy atom. The van der Waals surface area contributed by atoms with E-state index >= 15 is 0 Å². The van der Waals surface area contributed by atoms with Gasteiger partial charge in [-0.2, -0.15) is 0 Å². The van der Waals surface area contributed by atoms with Crippen molar-refractivity contribution in [3.8, 4) is 5.75 Å². The lowest BCUT2D eigenvalue weighted by Crippen LogP contribution is -2.62. The molecule has 192 valence electrons. The van der Waals surface area contributed by atoms with Crippen molar-refractivity contribution in [1.29, 1.82) is 0 Å². The number of carbonyl (C=O) groups excluding carboxylic acids is 1. The Bertz CT molecular complexity index is 810. The topological polar surface area (TPSA) is 205 Å². The minimum absolute atomic E-state index is 0.357. The van der Waals surface area contributed by atoms with E-state index in [-0.39, 0.29) is 0 Å². The Balaban J connectivity index is 1.59. The molecule has 0 aliphatic carbocycles. The molecular formula is C20H27ClO13. The van der Waals surface area contributed by atoms with Gasteiger partial charge < -0.3 is 59.4 Å². The Morgan fingerprint density at radius 1 is 0.971 bits per heavy atom. The summed E-state index contributed by atoms with van der Waals surface area (Å²) >= 11 is 5.77. The van der Waals surface area contributed by atoms with Crippen LogP contribution < -0.4 is 4.74 Å². The van der Waals surface area contributed by atoms with E-state index < -0.39 is 87.2 Å². The van der Waals surface area contributed by atoms with Crippen molar-refractivity contribution in [2.45, 2.75) is 54.8 Å². The van der Waals surface area contributed by atoms with E-state index in [9.17, 15) is 40.5 Å². The Hall–Kier alpha value is -1.62. The van der Waals surface area contributed by atoms with E-state index in [4.69, 9.17) is 35.3 Å². The van der Waals surface area contributed by atoms with Gasteiger partial charge in [-0.15, -0.1) is 0 Å². The largest absolute Gasteiger partial charge is 0.482 e. The van der Waals surface area contributed by atoms with E-state index in [1.54, 1.807) is 12.1 Å². The molecule has 2 saturated heterocycles. The summed E-state index contributed by atoms with van der Waals surface area (Å²) in [5, 5.41) is 70.3. The Labute approximate surface area is 198 Å². The van der Waals surface area contributed by atoms with E-state index in [0.29, 0.717) is 10.8 Å². The van der Waals surface area contributed by atoms with Crippen LogP contribution in [0.3, 0.4) is 0 Å². The van der Waals surface area contributed by atoms with Crippen LogP contribution in [0.2, 0.25) is 5.02 Å². The Morgan fingerprint density at radius 3 is 2.24 bits per heavy atom. The van der Waals surface area contributed by atoms with Gasteiger partial charge in [0.1, 0.15) is 61.7 Å². The SMILES string of the molecule is O=C(COc1ccc(Cl)cc1)OC[C@H]1O[C@H](O[C@]2(CO)O[C@H](CO)[C@@H](O)[C@@H]2O)[C@H](O)[C@@H](O)[C@@H]1O. The maximum atomic E-state index is 12.0. The fourth-order valence-corrected chi connectivity index (χ4v) is 3.63. The molecule has 13 nitrogen and oxygen atoms in total. The smallest absolute Gasteiger partial charge is 0.344 e. The maximum absolute atomic E-state index is 12.0. The summed E-state index contributed by atoms with van der Waals surface area (Å²) in [6.07, 6.45) is -13.4. The molecule has 14 heteroatoms. The molecule has 2 aliphatic rings. The van der Waals surface area contributed by atoms with Crippen LogP contribution in [0.4, 0.5) is 0 Å². The molecule has 0 spiro atoms. The number of benzene rings is 1. The van der Waals surface area contributed by atoms with Gasteiger partial charge in [0.25, 0.3) is 0 Å². The normalized spacial score (nSPS) is 38.0. The first-order valence-electron chi connectivity index (χ1n) is 10.3. The van der Waals surface area contributed by atoms with Crippen molar-refractivity contribution in [2.24, 2.45) is 0 Å². The Kier molecular flexibility index (Phi) is 9.05.